The highest BCUT2D eigenvalue weighted by Crippen LogP contribution is 2.43. The number of carboxylic acids is 1. The number of ether oxygens (including phenoxy) is 1. The second-order valence-electron chi connectivity index (χ2n) is 12.3. The Morgan fingerprint density at radius 1 is 1.02 bits per heavy atom. The molecule has 0 bridgehead atoms. The lowest BCUT2D eigenvalue weighted by atomic mass is 9.71. The number of aliphatic carboxylic acids is 1. The van der Waals surface area contributed by atoms with Crippen LogP contribution in [-0.2, 0) is 29.0 Å². The van der Waals surface area contributed by atoms with Crippen LogP contribution in [0, 0.1) is 5.41 Å². The summed E-state index contributed by atoms with van der Waals surface area (Å²) in [5.74, 6) is -2.02. The van der Waals surface area contributed by atoms with Gasteiger partial charge >= 0.3 is 12.1 Å². The summed E-state index contributed by atoms with van der Waals surface area (Å²) in [6.45, 7) is 9.08. The molecule has 0 unspecified atom stereocenters. The predicted octanol–water partition coefficient (Wildman–Crippen LogP) is 4.36. The molecule has 2 fully saturated rings. The van der Waals surface area contributed by atoms with Gasteiger partial charge in [0.15, 0.2) is 0 Å². The summed E-state index contributed by atoms with van der Waals surface area (Å²) < 4.78 is 37.9. The van der Waals surface area contributed by atoms with Crippen molar-refractivity contribution in [1.29, 1.82) is 0 Å². The third-order valence-corrected chi connectivity index (χ3v) is 8.66. The Labute approximate surface area is 249 Å². The lowest BCUT2D eigenvalue weighted by Gasteiger charge is -2.47. The van der Waals surface area contributed by atoms with E-state index in [2.05, 4.69) is 41.9 Å². The molecule has 12 heteroatoms. The zero-order chi connectivity index (χ0) is 31.4. The predicted molar refractivity (Wildman–Crippen MR) is 152 cm³/mol. The van der Waals surface area contributed by atoms with E-state index in [0.29, 0.717) is 17.4 Å². The molecule has 0 saturated carbocycles. The van der Waals surface area contributed by atoms with Crippen LogP contribution in [0.15, 0.2) is 36.7 Å². The number of nitrogens with two attached hydrogens (primary N) is 1. The van der Waals surface area contributed by atoms with E-state index in [1.165, 1.54) is 24.0 Å². The number of amides is 2. The molecule has 5 rings (SSSR count). The smallest absolute Gasteiger partial charge is 0.487 e. The zero-order valence-electron chi connectivity index (χ0n) is 24.6. The number of pyridine rings is 1. The maximum Gasteiger partial charge on any atom is 0.490 e. The van der Waals surface area contributed by atoms with Gasteiger partial charge in [0.05, 0.1) is 0 Å². The van der Waals surface area contributed by atoms with Crippen LogP contribution < -0.4 is 10.5 Å². The van der Waals surface area contributed by atoms with E-state index in [9.17, 15) is 22.8 Å². The topological polar surface area (TPSA) is 126 Å². The van der Waals surface area contributed by atoms with E-state index in [0.717, 1.165) is 63.3 Å². The number of primary amides is 1. The van der Waals surface area contributed by atoms with Crippen molar-refractivity contribution in [2.24, 2.45) is 11.1 Å². The van der Waals surface area contributed by atoms with E-state index in [1.54, 1.807) is 18.5 Å². The first-order valence-electron chi connectivity index (χ1n) is 14.5. The molecule has 2 amide bonds. The van der Waals surface area contributed by atoms with Gasteiger partial charge in [-0.25, -0.2) is 4.79 Å². The molecule has 234 valence electrons. The van der Waals surface area contributed by atoms with Crippen LogP contribution in [0.1, 0.15) is 73.0 Å². The fourth-order valence-electron chi connectivity index (χ4n) is 6.19. The summed E-state index contributed by atoms with van der Waals surface area (Å²) in [5, 5.41) is 7.12. The number of hydrogen-bond donors (Lipinski definition) is 2. The number of carboxylic acid groups (broad SMARTS) is 1. The van der Waals surface area contributed by atoms with Crippen molar-refractivity contribution in [2.45, 2.75) is 77.1 Å². The van der Waals surface area contributed by atoms with Gasteiger partial charge in [-0.2, -0.15) is 13.2 Å². The Morgan fingerprint density at radius 3 is 2.26 bits per heavy atom. The molecule has 43 heavy (non-hydrogen) atoms. The summed E-state index contributed by atoms with van der Waals surface area (Å²) in [6, 6.07) is 8.25. The van der Waals surface area contributed by atoms with E-state index >= 15 is 0 Å². The summed E-state index contributed by atoms with van der Waals surface area (Å²) in [5.41, 5.74) is 9.76. The summed E-state index contributed by atoms with van der Waals surface area (Å²) >= 11 is 0. The van der Waals surface area contributed by atoms with Crippen LogP contribution in [0.2, 0.25) is 0 Å². The summed E-state index contributed by atoms with van der Waals surface area (Å²) in [6.07, 6.45) is 4.38. The first-order valence-corrected chi connectivity index (χ1v) is 14.5. The maximum atomic E-state index is 13.3. The average Bonchev–Trinajstić information content (AvgIpc) is 3.28. The van der Waals surface area contributed by atoms with Crippen LogP contribution in [-0.4, -0.2) is 75.6 Å². The van der Waals surface area contributed by atoms with Crippen LogP contribution in [0.4, 0.5) is 13.2 Å². The van der Waals surface area contributed by atoms with Crippen LogP contribution >= 0.6 is 0 Å². The van der Waals surface area contributed by atoms with Gasteiger partial charge in [0.2, 0.25) is 5.91 Å². The second kappa shape index (κ2) is 12.9. The lowest BCUT2D eigenvalue weighted by Crippen LogP contribution is -2.48. The largest absolute Gasteiger partial charge is 0.490 e. The van der Waals surface area contributed by atoms with Crippen LogP contribution in [0.3, 0.4) is 0 Å². The third kappa shape index (κ3) is 8.25. The molecule has 0 atom stereocenters. The molecule has 1 aromatic carbocycles. The minimum absolute atomic E-state index is 0.0484. The number of aromatic nitrogens is 1. The number of piperidine rings is 2. The standard InChI is InChI=1S/C29H38N4O3.C2HF3O2/c1-28(2)18-24-22(4-3-5-25(24)36-28)20-32-14-9-29(10-15-32)11-16-33(17-12-29)27(35)23-8-13-31-19-21(23)6-7-26(30)34;3-2(4,5)1(6)7/h3-5,8,13,19H,6-7,9-12,14-18,20H2,1-2H3,(H2,30,34);(H,6,7). The van der Waals surface area contributed by atoms with Crippen molar-refractivity contribution in [3.8, 4) is 5.75 Å². The number of nitrogens with zero attached hydrogens (tertiary/aromatic N) is 3. The molecule has 0 radical (unpaired) electrons. The fourth-order valence-corrected chi connectivity index (χ4v) is 6.19. The van der Waals surface area contributed by atoms with Gasteiger partial charge in [0.1, 0.15) is 11.4 Å². The van der Waals surface area contributed by atoms with Gasteiger partial charge in [-0.15, -0.1) is 0 Å². The van der Waals surface area contributed by atoms with Crippen molar-refractivity contribution >= 4 is 17.8 Å². The van der Waals surface area contributed by atoms with Crippen molar-refractivity contribution < 1.29 is 37.4 Å². The number of fused-ring (bicyclic) bond motifs is 1. The first-order chi connectivity index (χ1) is 20.2. The van der Waals surface area contributed by atoms with E-state index in [-0.39, 0.29) is 23.8 Å². The number of alkyl halides is 3. The number of likely N-dealkylation sites (tertiary alicyclic amines) is 2. The Hall–Kier alpha value is -3.67. The number of carbonyl (C=O) groups is 3. The molecular weight excluding hydrogens is 565 g/mol. The Morgan fingerprint density at radius 2 is 1.65 bits per heavy atom. The number of carbonyl (C=O) groups excluding carboxylic acids is 2. The van der Waals surface area contributed by atoms with Gasteiger partial charge in [-0.1, -0.05) is 12.1 Å². The SMILES string of the molecule is CC1(C)Cc2c(CN3CCC4(CC3)CCN(C(=O)c3ccncc3CCC(N)=O)CC4)cccc2O1.O=C(O)C(F)(F)F. The number of rotatable bonds is 6. The van der Waals surface area contributed by atoms with Gasteiger partial charge in [-0.3, -0.25) is 19.5 Å². The molecule has 1 aromatic heterocycles. The normalized spacial score (nSPS) is 19.1. The maximum absolute atomic E-state index is 13.3. The quantitative estimate of drug-likeness (QED) is 0.502. The Balaban J connectivity index is 0.000000541. The lowest BCUT2D eigenvalue weighted by molar-refractivity contribution is -0.192. The molecule has 3 N–H and O–H groups in total. The highest BCUT2D eigenvalue weighted by molar-refractivity contribution is 5.95. The van der Waals surface area contributed by atoms with Crippen molar-refractivity contribution in [3.63, 3.8) is 0 Å². The first kappa shape index (κ1) is 32.2. The number of benzene rings is 1. The van der Waals surface area contributed by atoms with E-state index < -0.39 is 12.1 Å². The van der Waals surface area contributed by atoms with Gasteiger partial charge in [0.25, 0.3) is 5.91 Å². The van der Waals surface area contributed by atoms with E-state index in [4.69, 9.17) is 20.4 Å². The molecule has 2 aromatic rings. The minimum atomic E-state index is -5.08. The van der Waals surface area contributed by atoms with Crippen LogP contribution in [0.25, 0.3) is 0 Å². The Kier molecular flexibility index (Phi) is 9.68. The number of aryl methyl sites for hydroxylation is 1. The van der Waals surface area contributed by atoms with Gasteiger partial charge in [0, 0.05) is 56.0 Å². The van der Waals surface area contributed by atoms with Gasteiger partial charge in [-0.05, 0) is 87.7 Å². The highest BCUT2D eigenvalue weighted by atomic mass is 19.4. The minimum Gasteiger partial charge on any atom is -0.487 e. The molecule has 3 aliphatic rings. The molecule has 9 nitrogen and oxygen atoms in total. The molecule has 2 saturated heterocycles. The van der Waals surface area contributed by atoms with Gasteiger partial charge < -0.3 is 20.5 Å². The molecule has 3 aliphatic heterocycles. The highest BCUT2D eigenvalue weighted by Gasteiger charge is 2.40. The number of hydrogen-bond acceptors (Lipinski definition) is 6. The molecule has 0 aliphatic carbocycles. The monoisotopic (exact) mass is 604 g/mol. The zero-order valence-corrected chi connectivity index (χ0v) is 24.6. The number of halogens is 3. The average molecular weight is 605 g/mol. The molecular formula is C31H39F3N4O5. The summed E-state index contributed by atoms with van der Waals surface area (Å²) in [4.78, 5) is 42.1. The van der Waals surface area contributed by atoms with E-state index in [1.807, 2.05) is 4.90 Å². The Bertz CT molecular complexity index is 1330. The molecule has 4 heterocycles. The van der Waals surface area contributed by atoms with Crippen LogP contribution in [0.5, 0.6) is 5.75 Å². The van der Waals surface area contributed by atoms with Crippen molar-refractivity contribution in [1.82, 2.24) is 14.8 Å². The van der Waals surface area contributed by atoms with Crippen molar-refractivity contribution in [3.05, 3.63) is 58.9 Å². The second-order valence-corrected chi connectivity index (χ2v) is 12.3. The summed E-state index contributed by atoms with van der Waals surface area (Å²) in [7, 11) is 0. The fraction of sp³-hybridized carbons (Fsp3) is 0.548. The molecule has 1 spiro atoms. The van der Waals surface area contributed by atoms with Crippen molar-refractivity contribution in [2.75, 3.05) is 26.2 Å². The third-order valence-electron chi connectivity index (χ3n) is 8.66.